The summed E-state index contributed by atoms with van der Waals surface area (Å²) in [5.74, 6) is -1.49. The Balaban J connectivity index is 1.68. The van der Waals surface area contributed by atoms with Gasteiger partial charge in [-0.05, 0) is 65.8 Å². The highest BCUT2D eigenvalue weighted by Crippen LogP contribution is 2.30. The lowest BCUT2D eigenvalue weighted by atomic mass is 9.98. The van der Waals surface area contributed by atoms with Crippen molar-refractivity contribution in [2.45, 2.75) is 40.0 Å². The summed E-state index contributed by atoms with van der Waals surface area (Å²) in [6.07, 6.45) is 4.21. The molecule has 40 heavy (non-hydrogen) atoms. The Morgan fingerprint density at radius 1 is 0.975 bits per heavy atom. The van der Waals surface area contributed by atoms with Crippen molar-refractivity contribution in [3.63, 3.8) is 0 Å². The van der Waals surface area contributed by atoms with E-state index in [1.807, 2.05) is 32.0 Å². The average Bonchev–Trinajstić information content (AvgIpc) is 3.38. The van der Waals surface area contributed by atoms with Gasteiger partial charge in [0.2, 0.25) is 11.8 Å². The van der Waals surface area contributed by atoms with Crippen LogP contribution in [0.3, 0.4) is 0 Å². The van der Waals surface area contributed by atoms with Gasteiger partial charge in [0.25, 0.3) is 5.56 Å². The van der Waals surface area contributed by atoms with Crippen molar-refractivity contribution in [2.75, 3.05) is 0 Å². The predicted molar refractivity (Wildman–Crippen MR) is 150 cm³/mol. The maximum atomic E-state index is 15.4. The minimum absolute atomic E-state index is 0.0366. The smallest absolute Gasteiger partial charge is 0.265 e. The Morgan fingerprint density at radius 2 is 1.70 bits per heavy atom. The molecule has 0 saturated heterocycles. The molecule has 0 atom stereocenters. The molecule has 0 unspecified atom stereocenters. The van der Waals surface area contributed by atoms with Gasteiger partial charge in [0.05, 0.1) is 11.3 Å². The summed E-state index contributed by atoms with van der Waals surface area (Å²) in [6.45, 7) is 5.59. The first-order chi connectivity index (χ1) is 19.2. The Morgan fingerprint density at radius 3 is 2.33 bits per heavy atom. The van der Waals surface area contributed by atoms with Crippen LogP contribution in [0.4, 0.5) is 8.78 Å². The second kappa shape index (κ2) is 10.8. The molecule has 0 spiro atoms. The van der Waals surface area contributed by atoms with Crippen LogP contribution in [0.25, 0.3) is 28.3 Å². The third-order valence-corrected chi connectivity index (χ3v) is 7.16. The molecule has 0 aliphatic carbocycles. The van der Waals surface area contributed by atoms with Crippen molar-refractivity contribution < 1.29 is 13.9 Å². The normalized spacial score (nSPS) is 11.2. The van der Waals surface area contributed by atoms with Gasteiger partial charge in [-0.3, -0.25) is 14.0 Å². The number of rotatable bonds is 7. The molecule has 5 aromatic rings. The third kappa shape index (κ3) is 4.79. The molecule has 0 radical (unpaired) electrons. The van der Waals surface area contributed by atoms with Gasteiger partial charge in [0.1, 0.15) is 11.5 Å². The van der Waals surface area contributed by atoms with Gasteiger partial charge < -0.3 is 5.11 Å². The van der Waals surface area contributed by atoms with E-state index >= 15 is 4.39 Å². The van der Waals surface area contributed by atoms with Gasteiger partial charge in [-0.15, -0.1) is 0 Å². The summed E-state index contributed by atoms with van der Waals surface area (Å²) in [5.41, 5.74) is 3.96. The number of halogens is 2. The molecule has 3 aromatic heterocycles. The van der Waals surface area contributed by atoms with Crippen LogP contribution in [-0.2, 0) is 26.3 Å². The van der Waals surface area contributed by atoms with E-state index < -0.39 is 23.2 Å². The molecule has 0 fully saturated rings. The summed E-state index contributed by atoms with van der Waals surface area (Å²) >= 11 is 0. The van der Waals surface area contributed by atoms with E-state index in [0.717, 1.165) is 11.1 Å². The third-order valence-electron chi connectivity index (χ3n) is 7.16. The molecule has 1 N–H and O–H groups in total. The van der Waals surface area contributed by atoms with E-state index in [-0.39, 0.29) is 23.4 Å². The van der Waals surface area contributed by atoms with Crippen molar-refractivity contribution in [3.8, 4) is 34.2 Å². The van der Waals surface area contributed by atoms with E-state index in [1.54, 1.807) is 43.0 Å². The minimum Gasteiger partial charge on any atom is -0.493 e. The van der Waals surface area contributed by atoms with E-state index in [9.17, 15) is 14.3 Å². The fourth-order valence-corrected chi connectivity index (χ4v) is 4.99. The molecule has 0 saturated carbocycles. The molecule has 0 aliphatic rings. The quantitative estimate of drug-likeness (QED) is 0.267. The Hall–Kier alpha value is -4.66. The number of nitrogens with zero attached hydrogens (tertiary/aromatic N) is 5. The highest BCUT2D eigenvalue weighted by Gasteiger charge is 2.24. The first-order valence-corrected chi connectivity index (χ1v) is 13.1. The molecule has 0 aliphatic heterocycles. The summed E-state index contributed by atoms with van der Waals surface area (Å²) in [5, 5.41) is 15.4. The van der Waals surface area contributed by atoms with Gasteiger partial charge in [-0.2, -0.15) is 14.5 Å². The number of hydrogen-bond donors (Lipinski definition) is 1. The largest absolute Gasteiger partial charge is 0.493 e. The van der Waals surface area contributed by atoms with Crippen molar-refractivity contribution in [2.24, 2.45) is 7.05 Å². The molecule has 7 nitrogen and oxygen atoms in total. The maximum Gasteiger partial charge on any atom is 0.265 e. The summed E-state index contributed by atoms with van der Waals surface area (Å²) in [7, 11) is 1.76. The fourth-order valence-electron chi connectivity index (χ4n) is 4.99. The molecule has 3 heterocycles. The summed E-state index contributed by atoms with van der Waals surface area (Å²) in [6, 6.07) is 13.7. The van der Waals surface area contributed by atoms with Gasteiger partial charge in [-0.25, -0.2) is 9.37 Å². The molecule has 204 valence electrons. The number of para-hydroxylation sites is 1. The number of aromatic hydroxyl groups is 1. The van der Waals surface area contributed by atoms with E-state index in [4.69, 9.17) is 0 Å². The monoisotopic (exact) mass is 541 g/mol. The van der Waals surface area contributed by atoms with Crippen LogP contribution in [0.1, 0.15) is 41.7 Å². The van der Waals surface area contributed by atoms with E-state index in [1.165, 1.54) is 22.9 Å². The fraction of sp³-hybridized carbons (Fsp3) is 0.226. The van der Waals surface area contributed by atoms with Crippen LogP contribution in [-0.4, -0.2) is 29.4 Å². The van der Waals surface area contributed by atoms with Gasteiger partial charge >= 0.3 is 0 Å². The Bertz CT molecular complexity index is 1770. The van der Waals surface area contributed by atoms with Crippen molar-refractivity contribution in [3.05, 3.63) is 111 Å². The maximum absolute atomic E-state index is 15.4. The van der Waals surface area contributed by atoms with Gasteiger partial charge in [-0.1, -0.05) is 44.2 Å². The lowest BCUT2D eigenvalue weighted by molar-refractivity contribution is 0.443. The van der Waals surface area contributed by atoms with Gasteiger partial charge in [0.15, 0.2) is 5.82 Å². The number of benzene rings is 2. The summed E-state index contributed by atoms with van der Waals surface area (Å²) < 4.78 is 32.5. The number of aryl methyl sites for hydroxylation is 3. The topological polar surface area (TPSA) is 85.8 Å². The SMILES string of the molecule is CCc1cccc(CC)c1-n1c(-c2ccn(C)n2)nc(O)c(Cc2ccc(-c3ccnc(F)c3C)cc2F)c1=O. The first kappa shape index (κ1) is 26.9. The van der Waals surface area contributed by atoms with Crippen LogP contribution >= 0.6 is 0 Å². The number of hydrogen-bond acceptors (Lipinski definition) is 5. The van der Waals surface area contributed by atoms with Crippen molar-refractivity contribution >= 4 is 0 Å². The van der Waals surface area contributed by atoms with E-state index in [2.05, 4.69) is 15.1 Å². The van der Waals surface area contributed by atoms with E-state index in [0.29, 0.717) is 40.9 Å². The molecular weight excluding hydrogens is 512 g/mol. The standard InChI is InChI=1S/C31H29F2N5O2/c1-5-19-8-7-9-20(6-2)27(19)38-29(26-13-15-37(4)36-26)35-30(39)24(31(38)40)16-22-11-10-21(17-25(22)32)23-12-14-34-28(33)18(23)3/h7-15,17,39H,5-6,16H2,1-4H3. The molecule has 9 heteroatoms. The zero-order valence-electron chi connectivity index (χ0n) is 22.7. The second-order valence-corrected chi connectivity index (χ2v) is 9.64. The van der Waals surface area contributed by atoms with Crippen molar-refractivity contribution in [1.29, 1.82) is 0 Å². The molecule has 2 aromatic carbocycles. The molecule has 5 rings (SSSR count). The minimum atomic E-state index is -0.620. The van der Waals surface area contributed by atoms with Crippen LogP contribution in [0.5, 0.6) is 5.88 Å². The summed E-state index contributed by atoms with van der Waals surface area (Å²) in [4.78, 5) is 22.2. The van der Waals surface area contributed by atoms with Crippen LogP contribution in [0, 0.1) is 18.7 Å². The lowest BCUT2D eigenvalue weighted by Crippen LogP contribution is -2.27. The highest BCUT2D eigenvalue weighted by atomic mass is 19.1. The van der Waals surface area contributed by atoms with Crippen LogP contribution < -0.4 is 5.56 Å². The zero-order chi connectivity index (χ0) is 28.6. The Kier molecular flexibility index (Phi) is 7.30. The highest BCUT2D eigenvalue weighted by molar-refractivity contribution is 5.67. The number of aromatic nitrogens is 5. The van der Waals surface area contributed by atoms with Gasteiger partial charge in [0, 0.05) is 31.4 Å². The average molecular weight is 542 g/mol. The lowest BCUT2D eigenvalue weighted by Gasteiger charge is -2.19. The van der Waals surface area contributed by atoms with Crippen molar-refractivity contribution in [1.82, 2.24) is 24.3 Å². The Labute approximate surface area is 230 Å². The van der Waals surface area contributed by atoms with Crippen LogP contribution in [0.2, 0.25) is 0 Å². The second-order valence-electron chi connectivity index (χ2n) is 9.64. The van der Waals surface area contributed by atoms with Crippen LogP contribution in [0.15, 0.2) is 65.7 Å². The zero-order valence-corrected chi connectivity index (χ0v) is 22.7. The molecule has 0 bridgehead atoms. The molecule has 0 amide bonds. The molecular formula is C31H29F2N5O2. The predicted octanol–water partition coefficient (Wildman–Crippen LogP) is 5.70. The number of pyridine rings is 1. The first-order valence-electron chi connectivity index (χ1n) is 13.1.